The predicted molar refractivity (Wildman–Crippen MR) is 75.4 cm³/mol. The molecule has 0 aromatic heterocycles. The lowest BCUT2D eigenvalue weighted by Gasteiger charge is -2.39. The van der Waals surface area contributed by atoms with Gasteiger partial charge in [-0.3, -0.25) is 4.79 Å². The second-order valence-corrected chi connectivity index (χ2v) is 6.18. The first-order valence-electron chi connectivity index (χ1n) is 5.38. The lowest BCUT2D eigenvalue weighted by atomic mass is 9.75. The highest BCUT2D eigenvalue weighted by molar-refractivity contribution is 14.1. The van der Waals surface area contributed by atoms with Crippen molar-refractivity contribution < 1.29 is 9.90 Å². The Morgan fingerprint density at radius 2 is 2.06 bits per heavy atom. The average molecular weight is 366 g/mol. The second-order valence-electron chi connectivity index (χ2n) is 4.27. The number of hydrogen-bond acceptors (Lipinski definition) is 3. The standard InChI is InChI=1S/C12H13ClINO2/c13-8-4-2-1-3-7(8)12(15)10(14)6-5-9(16)11(12)17/h1-4,9-10,16H,5-6,15H2/t9-,10+,12-/m0/s1. The molecular formula is C12H13ClINO2. The predicted octanol–water partition coefficient (Wildman–Crippen LogP) is 2.02. The van der Waals surface area contributed by atoms with Gasteiger partial charge in [-0.25, -0.2) is 0 Å². The van der Waals surface area contributed by atoms with Crippen molar-refractivity contribution in [3.05, 3.63) is 34.9 Å². The SMILES string of the molecule is N[C@]1(c2ccccc2Cl)C(=O)[C@@H](O)CC[C@H]1I. The van der Waals surface area contributed by atoms with Crippen LogP contribution in [0.5, 0.6) is 0 Å². The molecule has 3 N–H and O–H groups in total. The first-order valence-corrected chi connectivity index (χ1v) is 7.00. The molecule has 5 heteroatoms. The molecule has 2 rings (SSSR count). The molecule has 0 amide bonds. The van der Waals surface area contributed by atoms with E-state index in [1.807, 2.05) is 0 Å². The smallest absolute Gasteiger partial charge is 0.186 e. The summed E-state index contributed by atoms with van der Waals surface area (Å²) in [5.41, 5.74) is 5.67. The van der Waals surface area contributed by atoms with E-state index in [9.17, 15) is 9.90 Å². The molecule has 1 fully saturated rings. The van der Waals surface area contributed by atoms with E-state index in [1.165, 1.54) is 0 Å². The number of Topliss-reactive ketones (excluding diaryl/α,β-unsaturated/α-hetero) is 1. The molecule has 0 unspecified atom stereocenters. The van der Waals surface area contributed by atoms with Crippen LogP contribution < -0.4 is 5.73 Å². The van der Waals surface area contributed by atoms with Gasteiger partial charge in [-0.05, 0) is 24.5 Å². The molecule has 1 aliphatic rings. The van der Waals surface area contributed by atoms with Crippen molar-refractivity contribution in [1.29, 1.82) is 0 Å². The summed E-state index contributed by atoms with van der Waals surface area (Å²) in [6, 6.07) is 7.06. The molecule has 0 aliphatic heterocycles. The molecule has 0 bridgehead atoms. The highest BCUT2D eigenvalue weighted by Crippen LogP contribution is 2.40. The summed E-state index contributed by atoms with van der Waals surface area (Å²) in [4.78, 5) is 12.2. The van der Waals surface area contributed by atoms with Gasteiger partial charge in [-0.15, -0.1) is 0 Å². The summed E-state index contributed by atoms with van der Waals surface area (Å²) < 4.78 is -0.0594. The highest BCUT2D eigenvalue weighted by Gasteiger charge is 2.49. The molecule has 0 heterocycles. The van der Waals surface area contributed by atoms with Gasteiger partial charge in [0.2, 0.25) is 0 Å². The third kappa shape index (κ3) is 2.12. The van der Waals surface area contributed by atoms with E-state index in [0.29, 0.717) is 23.4 Å². The van der Waals surface area contributed by atoms with Crippen LogP contribution in [0.1, 0.15) is 18.4 Å². The van der Waals surface area contributed by atoms with Gasteiger partial charge in [0, 0.05) is 8.95 Å². The van der Waals surface area contributed by atoms with Crippen LogP contribution in [0.15, 0.2) is 24.3 Å². The van der Waals surface area contributed by atoms with Crippen LogP contribution in [0.3, 0.4) is 0 Å². The zero-order valence-corrected chi connectivity index (χ0v) is 12.0. The van der Waals surface area contributed by atoms with E-state index in [4.69, 9.17) is 17.3 Å². The number of nitrogens with two attached hydrogens (primary N) is 1. The lowest BCUT2D eigenvalue weighted by molar-refractivity contribution is -0.135. The Bertz CT molecular complexity index is 454. The topological polar surface area (TPSA) is 63.3 Å². The van der Waals surface area contributed by atoms with Crippen molar-refractivity contribution in [3.8, 4) is 0 Å². The van der Waals surface area contributed by atoms with Crippen LogP contribution in [0.25, 0.3) is 0 Å². The van der Waals surface area contributed by atoms with Crippen LogP contribution in [-0.4, -0.2) is 20.9 Å². The van der Waals surface area contributed by atoms with Crippen molar-refractivity contribution in [2.24, 2.45) is 5.73 Å². The maximum atomic E-state index is 12.2. The number of halogens is 2. The average Bonchev–Trinajstić information content (AvgIpc) is 2.32. The van der Waals surface area contributed by atoms with Gasteiger partial charge < -0.3 is 10.8 Å². The number of rotatable bonds is 1. The van der Waals surface area contributed by atoms with Crippen LogP contribution in [0, 0.1) is 0 Å². The monoisotopic (exact) mass is 365 g/mol. The van der Waals surface area contributed by atoms with Gasteiger partial charge in [-0.1, -0.05) is 52.4 Å². The van der Waals surface area contributed by atoms with E-state index in [0.717, 1.165) is 0 Å². The number of ketones is 1. The third-order valence-corrected chi connectivity index (χ3v) is 5.15. The Morgan fingerprint density at radius 1 is 1.41 bits per heavy atom. The Hall–Kier alpha value is -0.170. The Balaban J connectivity index is 2.53. The van der Waals surface area contributed by atoms with Crippen molar-refractivity contribution in [1.82, 2.24) is 0 Å². The van der Waals surface area contributed by atoms with E-state index in [-0.39, 0.29) is 9.71 Å². The molecule has 3 nitrogen and oxygen atoms in total. The van der Waals surface area contributed by atoms with Crippen molar-refractivity contribution in [3.63, 3.8) is 0 Å². The van der Waals surface area contributed by atoms with Gasteiger partial charge in [0.15, 0.2) is 5.78 Å². The summed E-state index contributed by atoms with van der Waals surface area (Å²) in [7, 11) is 0. The zero-order chi connectivity index (χ0) is 12.6. The summed E-state index contributed by atoms with van der Waals surface area (Å²) in [6.07, 6.45) is 0.188. The quantitative estimate of drug-likeness (QED) is 0.591. The van der Waals surface area contributed by atoms with E-state index < -0.39 is 11.6 Å². The summed E-state index contributed by atoms with van der Waals surface area (Å²) >= 11 is 8.27. The fourth-order valence-electron chi connectivity index (χ4n) is 2.19. The summed E-state index contributed by atoms with van der Waals surface area (Å²) in [5, 5.41) is 10.2. The van der Waals surface area contributed by atoms with E-state index in [1.54, 1.807) is 24.3 Å². The van der Waals surface area contributed by atoms with Crippen molar-refractivity contribution >= 4 is 40.0 Å². The summed E-state index contributed by atoms with van der Waals surface area (Å²) in [6.45, 7) is 0. The number of carbonyl (C=O) groups is 1. The molecular weight excluding hydrogens is 352 g/mol. The maximum absolute atomic E-state index is 12.2. The number of carbonyl (C=O) groups excluding carboxylic acids is 1. The van der Waals surface area contributed by atoms with Crippen molar-refractivity contribution in [2.45, 2.75) is 28.4 Å². The number of aliphatic hydroxyl groups excluding tert-OH is 1. The molecule has 0 radical (unpaired) electrons. The van der Waals surface area contributed by atoms with Gasteiger partial charge in [0.05, 0.1) is 0 Å². The minimum Gasteiger partial charge on any atom is -0.385 e. The Morgan fingerprint density at radius 3 is 2.71 bits per heavy atom. The molecule has 1 saturated carbocycles. The Kier molecular flexibility index (Phi) is 3.77. The van der Waals surface area contributed by atoms with Crippen molar-refractivity contribution in [2.75, 3.05) is 0 Å². The van der Waals surface area contributed by atoms with Crippen LogP contribution in [-0.2, 0) is 10.3 Å². The molecule has 0 saturated heterocycles. The van der Waals surface area contributed by atoms with Gasteiger partial charge >= 0.3 is 0 Å². The molecule has 3 atom stereocenters. The minimum atomic E-state index is -1.18. The number of alkyl halides is 1. The fraction of sp³-hybridized carbons (Fsp3) is 0.417. The highest BCUT2D eigenvalue weighted by atomic mass is 127. The molecule has 92 valence electrons. The first kappa shape index (κ1) is 13.3. The normalized spacial score (nSPS) is 33.8. The Labute approximate surface area is 118 Å². The van der Waals surface area contributed by atoms with Crippen LogP contribution >= 0.6 is 34.2 Å². The van der Waals surface area contributed by atoms with E-state index >= 15 is 0 Å². The number of benzene rings is 1. The zero-order valence-electron chi connectivity index (χ0n) is 9.07. The fourth-order valence-corrected chi connectivity index (χ4v) is 3.49. The molecule has 17 heavy (non-hydrogen) atoms. The van der Waals surface area contributed by atoms with E-state index in [2.05, 4.69) is 22.6 Å². The minimum absolute atomic E-state index is 0.0594. The van der Waals surface area contributed by atoms with Crippen LogP contribution in [0.4, 0.5) is 0 Å². The summed E-state index contributed by atoms with van der Waals surface area (Å²) in [5.74, 6) is -0.337. The number of aliphatic hydroxyl groups is 1. The molecule has 0 spiro atoms. The lowest BCUT2D eigenvalue weighted by Crippen LogP contribution is -2.58. The first-order chi connectivity index (χ1) is 7.98. The third-order valence-electron chi connectivity index (χ3n) is 3.22. The molecule has 1 aromatic rings. The molecule has 1 aliphatic carbocycles. The van der Waals surface area contributed by atoms with Gasteiger partial charge in [0.25, 0.3) is 0 Å². The largest absolute Gasteiger partial charge is 0.385 e. The van der Waals surface area contributed by atoms with Gasteiger partial charge in [-0.2, -0.15) is 0 Å². The number of hydrogen-bond donors (Lipinski definition) is 2. The maximum Gasteiger partial charge on any atom is 0.186 e. The molecule has 1 aromatic carbocycles. The van der Waals surface area contributed by atoms with Crippen LogP contribution in [0.2, 0.25) is 5.02 Å². The second kappa shape index (κ2) is 4.84. The van der Waals surface area contributed by atoms with Gasteiger partial charge in [0.1, 0.15) is 11.6 Å².